The van der Waals surface area contributed by atoms with Crippen LogP contribution in [0.5, 0.6) is 5.75 Å². The van der Waals surface area contributed by atoms with Crippen LogP contribution >= 0.6 is 0 Å². The van der Waals surface area contributed by atoms with Gasteiger partial charge in [0, 0.05) is 37.9 Å². The molecule has 4 heteroatoms. The number of rotatable bonds is 3. The third-order valence-corrected chi connectivity index (χ3v) is 3.61. The van der Waals surface area contributed by atoms with E-state index < -0.39 is 0 Å². The molecule has 1 aliphatic rings. The maximum Gasteiger partial charge on any atom is 0.128 e. The van der Waals surface area contributed by atoms with Gasteiger partial charge in [-0.1, -0.05) is 12.1 Å². The van der Waals surface area contributed by atoms with E-state index in [1.165, 1.54) is 0 Å². The summed E-state index contributed by atoms with van der Waals surface area (Å²) in [4.78, 5) is 6.90. The van der Waals surface area contributed by atoms with Gasteiger partial charge >= 0.3 is 0 Å². The molecule has 20 heavy (non-hydrogen) atoms. The standard InChI is InChI=1S/C16H19N3O/c1-20-15-5-2-13(3-6-15)14-4-7-16(18-12-14)19-10-8-17-9-11-19/h2-7,12,17H,8-11H2,1H3. The van der Waals surface area contributed by atoms with E-state index in [-0.39, 0.29) is 0 Å². The zero-order valence-electron chi connectivity index (χ0n) is 11.7. The molecule has 0 unspecified atom stereocenters. The number of anilines is 1. The smallest absolute Gasteiger partial charge is 0.128 e. The Morgan fingerprint density at radius 1 is 1.00 bits per heavy atom. The van der Waals surface area contributed by atoms with Crippen molar-refractivity contribution in [1.82, 2.24) is 10.3 Å². The molecule has 0 spiro atoms. The summed E-state index contributed by atoms with van der Waals surface area (Å²) in [5, 5.41) is 3.35. The fourth-order valence-corrected chi connectivity index (χ4v) is 2.42. The van der Waals surface area contributed by atoms with E-state index in [0.717, 1.165) is 48.9 Å². The topological polar surface area (TPSA) is 37.4 Å². The summed E-state index contributed by atoms with van der Waals surface area (Å²) >= 11 is 0. The van der Waals surface area contributed by atoms with Crippen molar-refractivity contribution < 1.29 is 4.74 Å². The van der Waals surface area contributed by atoms with Crippen LogP contribution in [0.1, 0.15) is 0 Å². The Hall–Kier alpha value is -2.07. The minimum atomic E-state index is 0.874. The van der Waals surface area contributed by atoms with Crippen LogP contribution in [0.25, 0.3) is 11.1 Å². The monoisotopic (exact) mass is 269 g/mol. The first-order chi connectivity index (χ1) is 9.86. The molecule has 4 nitrogen and oxygen atoms in total. The van der Waals surface area contributed by atoms with Crippen LogP contribution < -0.4 is 15.0 Å². The van der Waals surface area contributed by atoms with E-state index in [1.807, 2.05) is 18.3 Å². The summed E-state index contributed by atoms with van der Waals surface area (Å²) in [6, 6.07) is 12.3. The number of hydrogen-bond donors (Lipinski definition) is 1. The number of nitrogens with one attached hydrogen (secondary N) is 1. The molecule has 2 aromatic rings. The lowest BCUT2D eigenvalue weighted by atomic mass is 10.1. The molecular formula is C16H19N3O. The third kappa shape index (κ3) is 2.75. The number of pyridine rings is 1. The fraction of sp³-hybridized carbons (Fsp3) is 0.312. The van der Waals surface area contributed by atoms with Crippen molar-refractivity contribution in [3.63, 3.8) is 0 Å². The maximum atomic E-state index is 5.18. The van der Waals surface area contributed by atoms with Crippen molar-refractivity contribution in [3.05, 3.63) is 42.6 Å². The molecule has 0 saturated carbocycles. The molecule has 3 rings (SSSR count). The van der Waals surface area contributed by atoms with Gasteiger partial charge in [-0.2, -0.15) is 0 Å². The molecule has 1 aromatic heterocycles. The molecule has 104 valence electrons. The van der Waals surface area contributed by atoms with Crippen LogP contribution in [-0.4, -0.2) is 38.3 Å². The van der Waals surface area contributed by atoms with Crippen molar-refractivity contribution in [1.29, 1.82) is 0 Å². The highest BCUT2D eigenvalue weighted by Crippen LogP contribution is 2.23. The first-order valence-corrected chi connectivity index (χ1v) is 6.93. The molecule has 0 aliphatic carbocycles. The predicted molar refractivity (Wildman–Crippen MR) is 81.3 cm³/mol. The Morgan fingerprint density at radius 2 is 1.70 bits per heavy atom. The van der Waals surface area contributed by atoms with Gasteiger partial charge in [-0.25, -0.2) is 4.98 Å². The van der Waals surface area contributed by atoms with Crippen LogP contribution in [-0.2, 0) is 0 Å². The zero-order valence-corrected chi connectivity index (χ0v) is 11.7. The Kier molecular flexibility index (Phi) is 3.83. The lowest BCUT2D eigenvalue weighted by molar-refractivity contribution is 0.415. The Labute approximate surface area is 119 Å². The molecular weight excluding hydrogens is 250 g/mol. The molecule has 1 aliphatic heterocycles. The van der Waals surface area contributed by atoms with Gasteiger partial charge in [0.1, 0.15) is 11.6 Å². The van der Waals surface area contributed by atoms with Crippen molar-refractivity contribution in [2.24, 2.45) is 0 Å². The average Bonchev–Trinajstić information content (AvgIpc) is 2.56. The number of benzene rings is 1. The molecule has 0 atom stereocenters. The first kappa shape index (κ1) is 12.9. The minimum absolute atomic E-state index is 0.874. The average molecular weight is 269 g/mol. The number of aromatic nitrogens is 1. The van der Waals surface area contributed by atoms with Gasteiger partial charge in [0.15, 0.2) is 0 Å². The Balaban J connectivity index is 1.77. The van der Waals surface area contributed by atoms with Crippen LogP contribution in [0, 0.1) is 0 Å². The number of ether oxygens (including phenoxy) is 1. The fourth-order valence-electron chi connectivity index (χ4n) is 2.42. The predicted octanol–water partition coefficient (Wildman–Crippen LogP) is 2.17. The van der Waals surface area contributed by atoms with Gasteiger partial charge in [-0.05, 0) is 29.8 Å². The van der Waals surface area contributed by atoms with Crippen molar-refractivity contribution in [2.75, 3.05) is 38.2 Å². The maximum absolute atomic E-state index is 5.18. The van der Waals surface area contributed by atoms with Crippen molar-refractivity contribution >= 4 is 5.82 Å². The van der Waals surface area contributed by atoms with Gasteiger partial charge in [-0.15, -0.1) is 0 Å². The molecule has 0 amide bonds. The van der Waals surface area contributed by atoms with E-state index in [9.17, 15) is 0 Å². The summed E-state index contributed by atoms with van der Waals surface area (Å²) in [7, 11) is 1.68. The van der Waals surface area contributed by atoms with Gasteiger partial charge < -0.3 is 15.0 Å². The largest absolute Gasteiger partial charge is 0.497 e. The third-order valence-electron chi connectivity index (χ3n) is 3.61. The van der Waals surface area contributed by atoms with E-state index in [4.69, 9.17) is 4.74 Å². The summed E-state index contributed by atoms with van der Waals surface area (Å²) < 4.78 is 5.18. The van der Waals surface area contributed by atoms with Crippen LogP contribution in [0.4, 0.5) is 5.82 Å². The quantitative estimate of drug-likeness (QED) is 0.926. The Bertz CT molecular complexity index is 545. The molecule has 2 heterocycles. The van der Waals surface area contributed by atoms with E-state index in [2.05, 4.69) is 39.5 Å². The highest BCUT2D eigenvalue weighted by molar-refractivity contribution is 5.64. The van der Waals surface area contributed by atoms with Crippen molar-refractivity contribution in [2.45, 2.75) is 0 Å². The highest BCUT2D eigenvalue weighted by atomic mass is 16.5. The number of hydrogen-bond acceptors (Lipinski definition) is 4. The van der Waals surface area contributed by atoms with E-state index >= 15 is 0 Å². The highest BCUT2D eigenvalue weighted by Gasteiger charge is 2.11. The van der Waals surface area contributed by atoms with Gasteiger partial charge in [0.05, 0.1) is 7.11 Å². The summed E-state index contributed by atoms with van der Waals surface area (Å²) in [6.07, 6.45) is 1.94. The first-order valence-electron chi connectivity index (χ1n) is 6.93. The van der Waals surface area contributed by atoms with Crippen LogP contribution in [0.15, 0.2) is 42.6 Å². The van der Waals surface area contributed by atoms with Crippen LogP contribution in [0.3, 0.4) is 0 Å². The van der Waals surface area contributed by atoms with E-state index in [0.29, 0.717) is 0 Å². The number of methoxy groups -OCH3 is 1. The second kappa shape index (κ2) is 5.92. The Morgan fingerprint density at radius 3 is 2.30 bits per heavy atom. The van der Waals surface area contributed by atoms with Crippen molar-refractivity contribution in [3.8, 4) is 16.9 Å². The van der Waals surface area contributed by atoms with E-state index in [1.54, 1.807) is 7.11 Å². The lowest BCUT2D eigenvalue weighted by Gasteiger charge is -2.28. The lowest BCUT2D eigenvalue weighted by Crippen LogP contribution is -2.43. The summed E-state index contributed by atoms with van der Waals surface area (Å²) in [5.74, 6) is 1.93. The minimum Gasteiger partial charge on any atom is -0.497 e. The number of nitrogens with zero attached hydrogens (tertiary/aromatic N) is 2. The zero-order chi connectivity index (χ0) is 13.8. The second-order valence-corrected chi connectivity index (χ2v) is 4.87. The van der Waals surface area contributed by atoms with Crippen LogP contribution in [0.2, 0.25) is 0 Å². The molecule has 0 bridgehead atoms. The molecule has 1 saturated heterocycles. The van der Waals surface area contributed by atoms with Gasteiger partial charge in [0.2, 0.25) is 0 Å². The summed E-state index contributed by atoms with van der Waals surface area (Å²) in [6.45, 7) is 4.10. The molecule has 1 aromatic carbocycles. The molecule has 0 radical (unpaired) electrons. The normalized spacial score (nSPS) is 15.2. The van der Waals surface area contributed by atoms with Gasteiger partial charge in [0.25, 0.3) is 0 Å². The molecule has 1 N–H and O–H groups in total. The van der Waals surface area contributed by atoms with Gasteiger partial charge in [-0.3, -0.25) is 0 Å². The number of piperazine rings is 1. The SMILES string of the molecule is COc1ccc(-c2ccc(N3CCNCC3)nc2)cc1. The molecule has 1 fully saturated rings. The second-order valence-electron chi connectivity index (χ2n) is 4.87. The summed E-state index contributed by atoms with van der Waals surface area (Å²) in [5.41, 5.74) is 2.29.